The van der Waals surface area contributed by atoms with Gasteiger partial charge in [-0.05, 0) is 29.8 Å². The first kappa shape index (κ1) is 13.1. The van der Waals surface area contributed by atoms with Gasteiger partial charge in [-0.2, -0.15) is 0 Å². The summed E-state index contributed by atoms with van der Waals surface area (Å²) in [6.07, 6.45) is -0.251. The molecule has 0 N–H and O–H groups in total. The molecule has 0 aliphatic carbocycles. The van der Waals surface area contributed by atoms with Crippen molar-refractivity contribution >= 4 is 28.8 Å². The highest BCUT2D eigenvalue weighted by molar-refractivity contribution is 7.10. The van der Waals surface area contributed by atoms with E-state index in [9.17, 15) is 4.79 Å². The number of nitrogens with zero attached hydrogens (tertiary/aromatic N) is 1. The van der Waals surface area contributed by atoms with Crippen molar-refractivity contribution in [2.75, 3.05) is 6.61 Å². The van der Waals surface area contributed by atoms with Crippen molar-refractivity contribution in [3.63, 3.8) is 0 Å². The van der Waals surface area contributed by atoms with Crippen molar-refractivity contribution < 1.29 is 9.53 Å². The molecule has 5 heteroatoms. The first-order valence-corrected chi connectivity index (χ1v) is 7.52. The summed E-state index contributed by atoms with van der Waals surface area (Å²) in [6, 6.07) is 8.06. The molecule has 2 heterocycles. The van der Waals surface area contributed by atoms with E-state index >= 15 is 0 Å². The van der Waals surface area contributed by atoms with E-state index in [1.165, 1.54) is 9.75 Å². The number of carbonyl (C=O) groups is 1. The van der Waals surface area contributed by atoms with Crippen LogP contribution in [0.4, 0.5) is 4.79 Å². The lowest BCUT2D eigenvalue weighted by Crippen LogP contribution is -2.30. The Bertz CT molecular complexity index is 429. The molecule has 0 spiro atoms. The fraction of sp³-hybridized carbons (Fsp3) is 0.308. The second kappa shape index (κ2) is 6.56. The Morgan fingerprint density at radius 1 is 1.17 bits per heavy atom. The molecule has 18 heavy (non-hydrogen) atoms. The minimum atomic E-state index is -0.251. The minimum absolute atomic E-state index is 0.251. The first-order valence-electron chi connectivity index (χ1n) is 5.76. The van der Waals surface area contributed by atoms with Crippen molar-refractivity contribution in [2.45, 2.75) is 20.0 Å². The van der Waals surface area contributed by atoms with E-state index in [0.717, 1.165) is 0 Å². The summed E-state index contributed by atoms with van der Waals surface area (Å²) in [5.41, 5.74) is 0. The number of thiophene rings is 2. The molecule has 0 fully saturated rings. The van der Waals surface area contributed by atoms with Crippen molar-refractivity contribution in [3.05, 3.63) is 44.8 Å². The second-order valence-corrected chi connectivity index (χ2v) is 5.78. The van der Waals surface area contributed by atoms with Crippen molar-refractivity contribution in [1.29, 1.82) is 0 Å². The van der Waals surface area contributed by atoms with Crippen LogP contribution in [0.3, 0.4) is 0 Å². The summed E-state index contributed by atoms with van der Waals surface area (Å²) in [5, 5.41) is 4.04. The predicted molar refractivity (Wildman–Crippen MR) is 74.9 cm³/mol. The van der Waals surface area contributed by atoms with Crippen LogP contribution in [0, 0.1) is 0 Å². The highest BCUT2D eigenvalue weighted by Gasteiger charge is 2.16. The zero-order valence-electron chi connectivity index (χ0n) is 10.2. The van der Waals surface area contributed by atoms with Gasteiger partial charge >= 0.3 is 6.09 Å². The Hall–Kier alpha value is -1.33. The Morgan fingerprint density at radius 2 is 1.72 bits per heavy atom. The van der Waals surface area contributed by atoms with Crippen LogP contribution in [0.15, 0.2) is 35.0 Å². The van der Waals surface area contributed by atoms with Gasteiger partial charge in [-0.3, -0.25) is 4.90 Å². The first-order chi connectivity index (χ1) is 8.79. The summed E-state index contributed by atoms with van der Waals surface area (Å²) < 4.78 is 5.10. The molecule has 0 radical (unpaired) electrons. The van der Waals surface area contributed by atoms with Crippen LogP contribution in [0.2, 0.25) is 0 Å². The molecule has 0 aliphatic heterocycles. The molecule has 0 unspecified atom stereocenters. The zero-order valence-corrected chi connectivity index (χ0v) is 11.8. The number of rotatable bonds is 5. The lowest BCUT2D eigenvalue weighted by atomic mass is 10.4. The van der Waals surface area contributed by atoms with E-state index in [2.05, 4.69) is 0 Å². The highest BCUT2D eigenvalue weighted by Crippen LogP contribution is 2.17. The van der Waals surface area contributed by atoms with Gasteiger partial charge in [0.2, 0.25) is 0 Å². The maximum atomic E-state index is 11.9. The fourth-order valence-electron chi connectivity index (χ4n) is 1.58. The second-order valence-electron chi connectivity index (χ2n) is 3.71. The van der Waals surface area contributed by atoms with Gasteiger partial charge in [-0.25, -0.2) is 4.79 Å². The predicted octanol–water partition coefficient (Wildman–Crippen LogP) is 3.97. The number of carbonyl (C=O) groups excluding carboxylic acids is 1. The van der Waals surface area contributed by atoms with Gasteiger partial charge in [-0.15, -0.1) is 22.7 Å². The van der Waals surface area contributed by atoms with Crippen LogP contribution >= 0.6 is 22.7 Å². The molecule has 0 bridgehead atoms. The number of hydrogen-bond donors (Lipinski definition) is 0. The van der Waals surface area contributed by atoms with Crippen LogP contribution in [0.5, 0.6) is 0 Å². The summed E-state index contributed by atoms with van der Waals surface area (Å²) in [6.45, 7) is 3.44. The monoisotopic (exact) mass is 281 g/mol. The van der Waals surface area contributed by atoms with E-state index in [1.54, 1.807) is 27.6 Å². The molecule has 3 nitrogen and oxygen atoms in total. The minimum Gasteiger partial charge on any atom is -0.450 e. The number of amides is 1. The lowest BCUT2D eigenvalue weighted by Gasteiger charge is -2.20. The van der Waals surface area contributed by atoms with Crippen molar-refractivity contribution in [3.8, 4) is 0 Å². The van der Waals surface area contributed by atoms with E-state index in [1.807, 2.05) is 41.9 Å². The highest BCUT2D eigenvalue weighted by atomic mass is 32.1. The number of ether oxygens (including phenoxy) is 1. The molecule has 2 aromatic heterocycles. The van der Waals surface area contributed by atoms with E-state index < -0.39 is 0 Å². The summed E-state index contributed by atoms with van der Waals surface area (Å²) in [5.74, 6) is 0. The Kier molecular flexibility index (Phi) is 4.78. The molecule has 0 saturated carbocycles. The van der Waals surface area contributed by atoms with Crippen LogP contribution < -0.4 is 0 Å². The van der Waals surface area contributed by atoms with E-state index in [4.69, 9.17) is 4.74 Å². The fourth-order valence-corrected chi connectivity index (χ4v) is 3.02. The summed E-state index contributed by atoms with van der Waals surface area (Å²) in [7, 11) is 0. The standard InChI is InChI=1S/C13H15NO2S2/c1-2-16-13(15)14(9-11-5-3-7-17-11)10-12-6-4-8-18-12/h3-8H,2,9-10H2,1H3. The SMILES string of the molecule is CCOC(=O)N(Cc1cccs1)Cc1cccs1. The molecule has 0 aliphatic rings. The largest absolute Gasteiger partial charge is 0.450 e. The molecule has 2 aromatic rings. The van der Waals surface area contributed by atoms with Crippen molar-refractivity contribution in [1.82, 2.24) is 4.90 Å². The Labute approximate surface area is 115 Å². The van der Waals surface area contributed by atoms with Crippen molar-refractivity contribution in [2.24, 2.45) is 0 Å². The van der Waals surface area contributed by atoms with Gasteiger partial charge in [0.15, 0.2) is 0 Å². The molecular weight excluding hydrogens is 266 g/mol. The molecule has 0 aromatic carbocycles. The smallest absolute Gasteiger partial charge is 0.410 e. The van der Waals surface area contributed by atoms with E-state index in [0.29, 0.717) is 19.7 Å². The molecule has 0 atom stereocenters. The van der Waals surface area contributed by atoms with Gasteiger partial charge in [0.25, 0.3) is 0 Å². The lowest BCUT2D eigenvalue weighted by molar-refractivity contribution is 0.102. The van der Waals surface area contributed by atoms with Crippen LogP contribution in [0.25, 0.3) is 0 Å². The Balaban J connectivity index is 2.04. The summed E-state index contributed by atoms with van der Waals surface area (Å²) >= 11 is 3.31. The topological polar surface area (TPSA) is 29.5 Å². The quantitative estimate of drug-likeness (QED) is 0.830. The van der Waals surface area contributed by atoms with Crippen LogP contribution in [-0.4, -0.2) is 17.6 Å². The molecule has 1 amide bonds. The normalized spacial score (nSPS) is 10.3. The van der Waals surface area contributed by atoms with Crippen LogP contribution in [-0.2, 0) is 17.8 Å². The zero-order chi connectivity index (χ0) is 12.8. The average Bonchev–Trinajstić information content (AvgIpc) is 3.01. The number of hydrogen-bond acceptors (Lipinski definition) is 4. The molecule has 96 valence electrons. The van der Waals surface area contributed by atoms with Gasteiger partial charge in [0.05, 0.1) is 19.7 Å². The van der Waals surface area contributed by atoms with Gasteiger partial charge in [0.1, 0.15) is 0 Å². The van der Waals surface area contributed by atoms with E-state index in [-0.39, 0.29) is 6.09 Å². The average molecular weight is 281 g/mol. The third-order valence-corrected chi connectivity index (χ3v) is 4.10. The van der Waals surface area contributed by atoms with Gasteiger partial charge in [-0.1, -0.05) is 12.1 Å². The Morgan fingerprint density at radius 3 is 2.11 bits per heavy atom. The van der Waals surface area contributed by atoms with Crippen LogP contribution in [0.1, 0.15) is 16.7 Å². The maximum Gasteiger partial charge on any atom is 0.410 e. The maximum absolute atomic E-state index is 11.9. The molecule has 2 rings (SSSR count). The molecular formula is C13H15NO2S2. The van der Waals surface area contributed by atoms with Gasteiger partial charge < -0.3 is 4.74 Å². The third kappa shape index (κ3) is 3.58. The summed E-state index contributed by atoms with van der Waals surface area (Å²) in [4.78, 5) is 16.0. The van der Waals surface area contributed by atoms with Gasteiger partial charge in [0, 0.05) is 9.75 Å². The molecule has 0 saturated heterocycles. The third-order valence-electron chi connectivity index (χ3n) is 2.38.